The highest BCUT2D eigenvalue weighted by Gasteiger charge is 2.20. The van der Waals surface area contributed by atoms with Gasteiger partial charge in [0.1, 0.15) is 0 Å². The highest BCUT2D eigenvalue weighted by atomic mass is 35.5. The number of carbonyl (C=O) groups excluding carboxylic acids is 2. The fourth-order valence-corrected chi connectivity index (χ4v) is 3.83. The van der Waals surface area contributed by atoms with Gasteiger partial charge in [0.2, 0.25) is 0 Å². The number of ether oxygens (including phenoxy) is 1. The lowest BCUT2D eigenvalue weighted by Crippen LogP contribution is -2.38. The Hall–Kier alpha value is -1.20. The smallest absolute Gasteiger partial charge is 0.307 e. The van der Waals surface area contributed by atoms with Crippen molar-refractivity contribution in [2.24, 2.45) is 5.92 Å². The van der Waals surface area contributed by atoms with Crippen molar-refractivity contribution in [2.45, 2.75) is 56.4 Å². The number of nitrogens with one attached hydrogen (secondary N) is 1. The summed E-state index contributed by atoms with van der Waals surface area (Å²) in [6, 6.07) is 7.47. The molecule has 0 radical (unpaired) electrons. The van der Waals surface area contributed by atoms with Crippen molar-refractivity contribution < 1.29 is 14.3 Å². The van der Waals surface area contributed by atoms with Crippen LogP contribution in [0.2, 0.25) is 5.02 Å². The van der Waals surface area contributed by atoms with E-state index in [-0.39, 0.29) is 18.3 Å². The molecule has 2 rings (SSSR count). The minimum absolute atomic E-state index is 0.204. The van der Waals surface area contributed by atoms with E-state index < -0.39 is 6.10 Å². The Morgan fingerprint density at radius 2 is 1.92 bits per heavy atom. The van der Waals surface area contributed by atoms with Crippen LogP contribution in [-0.2, 0) is 14.3 Å². The Balaban J connectivity index is 1.61. The van der Waals surface area contributed by atoms with E-state index in [0.29, 0.717) is 23.2 Å². The topological polar surface area (TPSA) is 55.4 Å². The van der Waals surface area contributed by atoms with E-state index >= 15 is 0 Å². The van der Waals surface area contributed by atoms with Gasteiger partial charge < -0.3 is 10.1 Å². The van der Waals surface area contributed by atoms with Crippen LogP contribution in [0.1, 0.15) is 45.4 Å². The summed E-state index contributed by atoms with van der Waals surface area (Å²) in [5.41, 5.74) is 0. The molecule has 1 amide bonds. The summed E-state index contributed by atoms with van der Waals surface area (Å²) in [4.78, 5) is 25.0. The molecule has 0 heterocycles. The molecule has 1 aromatic carbocycles. The molecule has 138 valence electrons. The van der Waals surface area contributed by atoms with Gasteiger partial charge in [0.15, 0.2) is 6.10 Å². The van der Waals surface area contributed by atoms with Crippen molar-refractivity contribution in [1.29, 1.82) is 0 Å². The molecule has 1 N–H and O–H groups in total. The van der Waals surface area contributed by atoms with Crippen LogP contribution < -0.4 is 5.32 Å². The lowest BCUT2D eigenvalue weighted by atomic mass is 9.89. The van der Waals surface area contributed by atoms with Crippen molar-refractivity contribution >= 4 is 35.2 Å². The van der Waals surface area contributed by atoms with Crippen molar-refractivity contribution in [3.05, 3.63) is 29.3 Å². The summed E-state index contributed by atoms with van der Waals surface area (Å²) in [7, 11) is 0. The van der Waals surface area contributed by atoms with E-state index in [0.717, 1.165) is 4.90 Å². The van der Waals surface area contributed by atoms with Gasteiger partial charge in [-0.1, -0.05) is 30.9 Å². The molecule has 1 aromatic rings. The minimum atomic E-state index is -0.739. The zero-order chi connectivity index (χ0) is 18.1. The van der Waals surface area contributed by atoms with Crippen molar-refractivity contribution in [2.75, 3.05) is 12.3 Å². The maximum absolute atomic E-state index is 12.0. The summed E-state index contributed by atoms with van der Waals surface area (Å²) in [6.07, 6.45) is 5.68. The zero-order valence-electron chi connectivity index (χ0n) is 14.6. The van der Waals surface area contributed by atoms with E-state index in [1.165, 1.54) is 32.1 Å². The maximum Gasteiger partial charge on any atom is 0.307 e. The molecule has 4 nitrogen and oxygen atoms in total. The first-order valence-corrected chi connectivity index (χ1v) is 10.3. The van der Waals surface area contributed by atoms with E-state index in [9.17, 15) is 9.59 Å². The second-order valence-corrected chi connectivity index (χ2v) is 8.04. The van der Waals surface area contributed by atoms with Gasteiger partial charge in [-0.3, -0.25) is 9.59 Å². The fourth-order valence-electron chi connectivity index (χ4n) is 2.87. The highest BCUT2D eigenvalue weighted by molar-refractivity contribution is 7.99. The number of rotatable bonds is 8. The highest BCUT2D eigenvalue weighted by Crippen LogP contribution is 2.23. The van der Waals surface area contributed by atoms with Crippen LogP contribution >= 0.6 is 23.4 Å². The van der Waals surface area contributed by atoms with Crippen molar-refractivity contribution in [3.8, 4) is 0 Å². The molecule has 0 aromatic heterocycles. The van der Waals surface area contributed by atoms with Crippen LogP contribution in [0.15, 0.2) is 29.2 Å². The molecular weight excluding hydrogens is 358 g/mol. The van der Waals surface area contributed by atoms with E-state index in [1.54, 1.807) is 18.7 Å². The van der Waals surface area contributed by atoms with Gasteiger partial charge in [-0.2, -0.15) is 0 Å². The Bertz CT molecular complexity index is 558. The van der Waals surface area contributed by atoms with Crippen LogP contribution in [0.25, 0.3) is 0 Å². The number of hydrogen-bond donors (Lipinski definition) is 1. The molecule has 0 unspecified atom stereocenters. The average molecular weight is 384 g/mol. The van der Waals surface area contributed by atoms with Gasteiger partial charge >= 0.3 is 5.97 Å². The van der Waals surface area contributed by atoms with Crippen LogP contribution in [-0.4, -0.2) is 30.3 Å². The Labute approximate surface area is 159 Å². The molecule has 0 saturated heterocycles. The van der Waals surface area contributed by atoms with Gasteiger partial charge in [0.05, 0.1) is 6.42 Å². The number of esters is 1. The molecule has 1 atom stereocenters. The van der Waals surface area contributed by atoms with E-state index in [1.807, 2.05) is 24.3 Å². The summed E-state index contributed by atoms with van der Waals surface area (Å²) in [5.74, 6) is 0.624. The summed E-state index contributed by atoms with van der Waals surface area (Å²) in [6.45, 7) is 2.31. The molecule has 1 saturated carbocycles. The van der Waals surface area contributed by atoms with Crippen LogP contribution in [0.5, 0.6) is 0 Å². The third-order valence-corrected chi connectivity index (χ3v) is 5.62. The first-order chi connectivity index (χ1) is 12.0. The zero-order valence-corrected chi connectivity index (χ0v) is 16.2. The maximum atomic E-state index is 12.0. The SMILES string of the molecule is C[C@@H](OC(=O)CCSc1ccc(Cl)cc1)C(=O)NCC1CCCCC1. The van der Waals surface area contributed by atoms with Crippen LogP contribution in [0, 0.1) is 5.92 Å². The Morgan fingerprint density at radius 1 is 1.24 bits per heavy atom. The lowest BCUT2D eigenvalue weighted by Gasteiger charge is -2.22. The molecule has 1 aliphatic rings. The standard InChI is InChI=1S/C19H26ClNO3S/c1-14(19(23)21-13-15-5-3-2-4-6-15)24-18(22)11-12-25-17-9-7-16(20)8-10-17/h7-10,14-15H,2-6,11-13H2,1H3,(H,21,23)/t14-/m1/s1. The fraction of sp³-hybridized carbons (Fsp3) is 0.579. The van der Waals surface area contributed by atoms with Gasteiger partial charge in [-0.05, 0) is 49.9 Å². The summed E-state index contributed by atoms with van der Waals surface area (Å²) >= 11 is 7.40. The van der Waals surface area contributed by atoms with E-state index in [4.69, 9.17) is 16.3 Å². The third-order valence-electron chi connectivity index (χ3n) is 4.36. The number of carbonyl (C=O) groups is 2. The van der Waals surface area contributed by atoms with Gasteiger partial charge in [0.25, 0.3) is 5.91 Å². The Morgan fingerprint density at radius 3 is 2.60 bits per heavy atom. The third kappa shape index (κ3) is 7.70. The van der Waals surface area contributed by atoms with Gasteiger partial charge in [-0.15, -0.1) is 11.8 Å². The average Bonchev–Trinajstić information content (AvgIpc) is 2.62. The van der Waals surface area contributed by atoms with Crippen molar-refractivity contribution in [1.82, 2.24) is 5.32 Å². The number of thioether (sulfide) groups is 1. The van der Waals surface area contributed by atoms with Gasteiger partial charge in [-0.25, -0.2) is 0 Å². The number of amides is 1. The first kappa shape index (κ1) is 20.1. The first-order valence-electron chi connectivity index (χ1n) is 8.90. The number of hydrogen-bond acceptors (Lipinski definition) is 4. The molecular formula is C19H26ClNO3S. The normalized spacial score (nSPS) is 16.2. The second kappa shape index (κ2) is 10.7. The lowest BCUT2D eigenvalue weighted by molar-refractivity contribution is -0.154. The molecule has 0 bridgehead atoms. The van der Waals surface area contributed by atoms with Crippen molar-refractivity contribution in [3.63, 3.8) is 0 Å². The molecule has 1 aliphatic carbocycles. The summed E-state index contributed by atoms with van der Waals surface area (Å²) < 4.78 is 5.22. The quantitative estimate of drug-likeness (QED) is 0.532. The largest absolute Gasteiger partial charge is 0.453 e. The molecule has 25 heavy (non-hydrogen) atoms. The number of halogens is 1. The van der Waals surface area contributed by atoms with E-state index in [2.05, 4.69) is 5.32 Å². The molecule has 1 fully saturated rings. The molecule has 0 aliphatic heterocycles. The predicted octanol–water partition coefficient (Wildman–Crippen LogP) is 4.45. The van der Waals surface area contributed by atoms with Crippen LogP contribution in [0.4, 0.5) is 0 Å². The monoisotopic (exact) mass is 383 g/mol. The number of benzene rings is 1. The molecule has 6 heteroatoms. The van der Waals surface area contributed by atoms with Crippen LogP contribution in [0.3, 0.4) is 0 Å². The second-order valence-electron chi connectivity index (χ2n) is 6.43. The van der Waals surface area contributed by atoms with Gasteiger partial charge in [0, 0.05) is 22.2 Å². The minimum Gasteiger partial charge on any atom is -0.453 e. The predicted molar refractivity (Wildman–Crippen MR) is 102 cm³/mol. The summed E-state index contributed by atoms with van der Waals surface area (Å²) in [5, 5.41) is 3.60. The Kier molecular flexibility index (Phi) is 8.62. The molecule has 0 spiro atoms.